The predicted octanol–water partition coefficient (Wildman–Crippen LogP) is 3.38. The Balaban J connectivity index is 1.47. The monoisotopic (exact) mass is 397 g/mol. The number of rotatable bonds is 6. The molecule has 1 atom stereocenters. The number of benzene rings is 1. The zero-order chi connectivity index (χ0) is 17.2. The first-order chi connectivity index (χ1) is 12.2. The normalized spacial score (nSPS) is 19.0. The largest absolute Gasteiger partial charge is 0.592 e. The van der Waals surface area contributed by atoms with Gasteiger partial charge in [-0.1, -0.05) is 17.7 Å². The fourth-order valence-corrected chi connectivity index (χ4v) is 5.28. The Kier molecular flexibility index (Phi) is 5.40. The second-order valence-electron chi connectivity index (χ2n) is 6.20. The molecule has 0 spiro atoms. The SMILES string of the molecule is [O-][S+](NC1CC1)c1cc(Cl)c(Oc2cccc(N3CCNCC3)c2)s1. The number of nitrogens with zero attached hydrogens (tertiary/aromatic N) is 1. The summed E-state index contributed by atoms with van der Waals surface area (Å²) in [4.78, 5) is 2.33. The van der Waals surface area contributed by atoms with E-state index in [-0.39, 0.29) is 0 Å². The summed E-state index contributed by atoms with van der Waals surface area (Å²) in [5.74, 6) is 0.743. The van der Waals surface area contributed by atoms with Crippen molar-refractivity contribution in [2.24, 2.45) is 0 Å². The van der Waals surface area contributed by atoms with Gasteiger partial charge in [-0.05, 0) is 36.3 Å². The average molecular weight is 398 g/mol. The van der Waals surface area contributed by atoms with Crippen molar-refractivity contribution in [3.63, 3.8) is 0 Å². The van der Waals surface area contributed by atoms with Crippen LogP contribution < -0.4 is 19.7 Å². The lowest BCUT2D eigenvalue weighted by molar-refractivity contribution is 0.496. The van der Waals surface area contributed by atoms with E-state index in [0.29, 0.717) is 20.3 Å². The van der Waals surface area contributed by atoms with Crippen molar-refractivity contribution < 1.29 is 9.29 Å². The Morgan fingerprint density at radius 2 is 2.08 bits per heavy atom. The van der Waals surface area contributed by atoms with Crippen LogP contribution in [-0.4, -0.2) is 36.8 Å². The molecule has 1 aromatic heterocycles. The van der Waals surface area contributed by atoms with Crippen molar-refractivity contribution in [3.05, 3.63) is 35.4 Å². The van der Waals surface area contributed by atoms with E-state index in [4.69, 9.17) is 16.3 Å². The molecule has 134 valence electrons. The van der Waals surface area contributed by atoms with Gasteiger partial charge in [0.1, 0.15) is 5.75 Å². The first kappa shape index (κ1) is 17.5. The third-order valence-electron chi connectivity index (χ3n) is 4.18. The second-order valence-corrected chi connectivity index (χ2v) is 9.09. The van der Waals surface area contributed by atoms with E-state index in [2.05, 4.69) is 21.0 Å². The van der Waals surface area contributed by atoms with E-state index in [1.54, 1.807) is 6.07 Å². The molecule has 0 radical (unpaired) electrons. The van der Waals surface area contributed by atoms with Crippen LogP contribution in [-0.2, 0) is 11.4 Å². The van der Waals surface area contributed by atoms with Gasteiger partial charge in [-0.25, -0.2) is 0 Å². The maximum Gasteiger partial charge on any atom is 0.232 e. The Bertz CT molecular complexity index is 732. The van der Waals surface area contributed by atoms with Crippen LogP contribution in [0.25, 0.3) is 0 Å². The van der Waals surface area contributed by atoms with Gasteiger partial charge in [0.15, 0.2) is 0 Å². The lowest BCUT2D eigenvalue weighted by atomic mass is 10.2. The summed E-state index contributed by atoms with van der Waals surface area (Å²) in [5, 5.41) is 4.44. The van der Waals surface area contributed by atoms with E-state index in [0.717, 1.165) is 50.5 Å². The summed E-state index contributed by atoms with van der Waals surface area (Å²) in [6.45, 7) is 3.95. The lowest BCUT2D eigenvalue weighted by Crippen LogP contribution is -2.43. The van der Waals surface area contributed by atoms with Crippen LogP contribution in [0.2, 0.25) is 5.02 Å². The standard InChI is InChI=1S/C17H20ClN3O2S2/c18-15-11-16(25(22)20-12-4-5-12)24-17(15)23-14-3-1-2-13(10-14)21-8-6-19-7-9-21/h1-3,10-12,19-20H,4-9H2. The van der Waals surface area contributed by atoms with E-state index < -0.39 is 11.4 Å². The van der Waals surface area contributed by atoms with E-state index in [1.807, 2.05) is 18.2 Å². The van der Waals surface area contributed by atoms with Crippen LogP contribution in [0.5, 0.6) is 10.8 Å². The molecule has 25 heavy (non-hydrogen) atoms. The van der Waals surface area contributed by atoms with E-state index in [1.165, 1.54) is 11.3 Å². The highest BCUT2D eigenvalue weighted by Crippen LogP contribution is 2.40. The highest BCUT2D eigenvalue weighted by atomic mass is 35.5. The number of piperazine rings is 1. The van der Waals surface area contributed by atoms with Crippen LogP contribution in [0, 0.1) is 0 Å². The molecule has 1 aliphatic carbocycles. The third kappa shape index (κ3) is 4.42. The molecule has 2 aromatic rings. The average Bonchev–Trinajstić information content (AvgIpc) is 3.38. The van der Waals surface area contributed by atoms with Gasteiger partial charge >= 0.3 is 0 Å². The molecule has 1 saturated heterocycles. The quantitative estimate of drug-likeness (QED) is 0.732. The summed E-state index contributed by atoms with van der Waals surface area (Å²) in [6, 6.07) is 10.1. The summed E-state index contributed by atoms with van der Waals surface area (Å²) >= 11 is 6.40. The van der Waals surface area contributed by atoms with Crippen LogP contribution in [0.15, 0.2) is 34.5 Å². The van der Waals surface area contributed by atoms with Gasteiger partial charge in [-0.2, -0.15) is 0 Å². The summed E-state index contributed by atoms with van der Waals surface area (Å²) in [7, 11) is 0. The maximum atomic E-state index is 12.3. The van der Waals surface area contributed by atoms with Gasteiger partial charge in [0.25, 0.3) is 0 Å². The first-order valence-electron chi connectivity index (χ1n) is 8.40. The fraction of sp³-hybridized carbons (Fsp3) is 0.412. The van der Waals surface area contributed by atoms with Gasteiger partial charge in [0.2, 0.25) is 9.27 Å². The van der Waals surface area contributed by atoms with Gasteiger partial charge in [0.05, 0.1) is 22.4 Å². The molecule has 1 unspecified atom stereocenters. The molecule has 8 heteroatoms. The molecule has 1 aliphatic heterocycles. The molecule has 2 N–H and O–H groups in total. The van der Waals surface area contributed by atoms with Crippen molar-refractivity contribution in [2.45, 2.75) is 23.1 Å². The molecule has 2 heterocycles. The van der Waals surface area contributed by atoms with Gasteiger partial charge in [-0.3, -0.25) is 0 Å². The molecule has 4 rings (SSSR count). The number of nitrogens with one attached hydrogen (secondary N) is 2. The van der Waals surface area contributed by atoms with Crippen molar-refractivity contribution >= 4 is 40.0 Å². The van der Waals surface area contributed by atoms with E-state index >= 15 is 0 Å². The Morgan fingerprint density at radius 1 is 1.28 bits per heavy atom. The van der Waals surface area contributed by atoms with Gasteiger partial charge in [0, 0.05) is 44.0 Å². The minimum Gasteiger partial charge on any atom is -0.592 e. The van der Waals surface area contributed by atoms with Crippen molar-refractivity contribution in [3.8, 4) is 10.8 Å². The molecule has 2 fully saturated rings. The minimum absolute atomic E-state index is 0.377. The first-order valence-corrected chi connectivity index (χ1v) is 10.7. The Morgan fingerprint density at radius 3 is 2.84 bits per heavy atom. The summed E-state index contributed by atoms with van der Waals surface area (Å²) < 4.78 is 22.0. The molecule has 1 aromatic carbocycles. The van der Waals surface area contributed by atoms with Crippen molar-refractivity contribution in [2.75, 3.05) is 31.1 Å². The lowest BCUT2D eigenvalue weighted by Gasteiger charge is -2.29. The number of anilines is 1. The van der Waals surface area contributed by atoms with Crippen LogP contribution in [0.3, 0.4) is 0 Å². The molecule has 1 saturated carbocycles. The number of hydrogen-bond acceptors (Lipinski definition) is 6. The van der Waals surface area contributed by atoms with Gasteiger partial charge in [-0.15, -0.1) is 4.72 Å². The van der Waals surface area contributed by atoms with Gasteiger partial charge < -0.3 is 19.5 Å². The number of hydrogen-bond donors (Lipinski definition) is 2. The fourth-order valence-electron chi connectivity index (χ4n) is 2.68. The topological polar surface area (TPSA) is 59.6 Å². The maximum absolute atomic E-state index is 12.3. The molecule has 2 aliphatic rings. The zero-order valence-corrected chi connectivity index (χ0v) is 16.1. The molecule has 0 amide bonds. The number of halogens is 1. The summed E-state index contributed by atoms with van der Waals surface area (Å²) in [5.41, 5.74) is 1.14. The van der Waals surface area contributed by atoms with E-state index in [9.17, 15) is 4.55 Å². The summed E-state index contributed by atoms with van der Waals surface area (Å²) in [6.07, 6.45) is 2.18. The van der Waals surface area contributed by atoms with Crippen LogP contribution in [0.4, 0.5) is 5.69 Å². The Labute approximate surface area is 159 Å². The Hall–Kier alpha value is -0.960. The molecular formula is C17H20ClN3O2S2. The molecule has 5 nitrogen and oxygen atoms in total. The van der Waals surface area contributed by atoms with Crippen molar-refractivity contribution in [1.82, 2.24) is 10.0 Å². The highest BCUT2D eigenvalue weighted by molar-refractivity contribution is 7.91. The number of thiophene rings is 1. The smallest absolute Gasteiger partial charge is 0.232 e. The van der Waals surface area contributed by atoms with Crippen LogP contribution in [0.1, 0.15) is 12.8 Å². The molecule has 0 bridgehead atoms. The minimum atomic E-state index is -1.22. The second kappa shape index (κ2) is 7.73. The predicted molar refractivity (Wildman–Crippen MR) is 103 cm³/mol. The number of ether oxygens (including phenoxy) is 1. The zero-order valence-electron chi connectivity index (χ0n) is 13.7. The third-order valence-corrected chi connectivity index (χ3v) is 7.11. The highest BCUT2D eigenvalue weighted by Gasteiger charge is 2.29. The van der Waals surface area contributed by atoms with Crippen molar-refractivity contribution in [1.29, 1.82) is 0 Å². The molecular weight excluding hydrogens is 378 g/mol. The van der Waals surface area contributed by atoms with Crippen LogP contribution >= 0.6 is 22.9 Å².